The quantitative estimate of drug-likeness (QED) is 0.231. The number of methoxy groups -OCH3 is 2. The molecule has 41 heavy (non-hydrogen) atoms. The number of aromatic nitrogens is 3. The molecular formula is C27H28F3N5O6. The highest BCUT2D eigenvalue weighted by Crippen LogP contribution is 2.38. The molecule has 4 rings (SSSR count). The molecule has 0 saturated carbocycles. The van der Waals surface area contributed by atoms with Crippen LogP contribution in [0.2, 0.25) is 0 Å². The largest absolute Gasteiger partial charge is 0.493 e. The number of halogens is 3. The first-order valence-electron chi connectivity index (χ1n) is 12.1. The topological polar surface area (TPSA) is 162 Å². The van der Waals surface area contributed by atoms with Crippen LogP contribution in [0.5, 0.6) is 11.5 Å². The summed E-state index contributed by atoms with van der Waals surface area (Å²) in [6.45, 7) is 2.57. The molecule has 2 aromatic carbocycles. The molecule has 5 N–H and O–H groups in total. The Bertz CT molecular complexity index is 1550. The molecule has 0 unspecified atom stereocenters. The molecule has 0 aliphatic carbocycles. The second-order valence-electron chi connectivity index (χ2n) is 8.56. The van der Waals surface area contributed by atoms with Gasteiger partial charge < -0.3 is 35.3 Å². The maximum Gasteiger partial charge on any atom is 0.490 e. The van der Waals surface area contributed by atoms with Crippen LogP contribution in [-0.2, 0) is 24.4 Å². The summed E-state index contributed by atoms with van der Waals surface area (Å²) in [5.41, 5.74) is 10.8. The van der Waals surface area contributed by atoms with E-state index >= 15 is 0 Å². The number of fused-ring (bicyclic) bond motifs is 1. The first-order chi connectivity index (χ1) is 19.4. The number of nitrogens with zero attached hydrogens (tertiary/aromatic N) is 3. The molecule has 11 nitrogen and oxygen atoms in total. The van der Waals surface area contributed by atoms with Crippen molar-refractivity contribution in [3.63, 3.8) is 0 Å². The molecule has 1 amide bonds. The zero-order valence-corrected chi connectivity index (χ0v) is 22.3. The van der Waals surface area contributed by atoms with Gasteiger partial charge in [-0.15, -0.1) is 0 Å². The summed E-state index contributed by atoms with van der Waals surface area (Å²) in [5.74, 6) is -2.28. The molecule has 0 saturated heterocycles. The molecule has 0 fully saturated rings. The number of amides is 1. The smallest absolute Gasteiger partial charge is 0.490 e. The Kier molecular flexibility index (Phi) is 9.73. The minimum Gasteiger partial charge on any atom is -0.493 e. The van der Waals surface area contributed by atoms with Crippen LogP contribution in [0.25, 0.3) is 10.9 Å². The van der Waals surface area contributed by atoms with Crippen LogP contribution in [-0.4, -0.2) is 57.0 Å². The van der Waals surface area contributed by atoms with Gasteiger partial charge in [0.2, 0.25) is 0 Å². The lowest BCUT2D eigenvalue weighted by Gasteiger charge is -2.19. The van der Waals surface area contributed by atoms with E-state index in [0.717, 1.165) is 23.2 Å². The van der Waals surface area contributed by atoms with Crippen molar-refractivity contribution in [2.45, 2.75) is 32.7 Å². The number of aliphatic hydroxyl groups is 1. The molecule has 14 heteroatoms. The molecule has 0 radical (unpaired) electrons. The predicted molar refractivity (Wildman–Crippen MR) is 143 cm³/mol. The van der Waals surface area contributed by atoms with E-state index in [4.69, 9.17) is 25.1 Å². The van der Waals surface area contributed by atoms with E-state index in [-0.39, 0.29) is 12.2 Å². The summed E-state index contributed by atoms with van der Waals surface area (Å²) >= 11 is 0. The number of benzene rings is 2. The molecule has 0 atom stereocenters. The number of carboxylic acids is 1. The van der Waals surface area contributed by atoms with Crippen LogP contribution >= 0.6 is 0 Å². The number of hydrogen-bond acceptors (Lipinski definition) is 8. The van der Waals surface area contributed by atoms with E-state index in [1.54, 1.807) is 32.7 Å². The van der Waals surface area contributed by atoms with Crippen molar-refractivity contribution in [1.29, 1.82) is 0 Å². The molecule has 0 aliphatic heterocycles. The predicted octanol–water partition coefficient (Wildman–Crippen LogP) is 4.03. The molecular weight excluding hydrogens is 547 g/mol. The lowest BCUT2D eigenvalue weighted by Crippen LogP contribution is -2.21. The molecule has 2 heterocycles. The average Bonchev–Trinajstić information content (AvgIpc) is 3.39. The number of imidazole rings is 1. The summed E-state index contributed by atoms with van der Waals surface area (Å²) in [7, 11) is 3.11. The lowest BCUT2D eigenvalue weighted by molar-refractivity contribution is -0.192. The molecule has 0 bridgehead atoms. The molecule has 4 aromatic rings. The highest BCUT2D eigenvalue weighted by Gasteiger charge is 2.38. The molecule has 0 aliphatic rings. The second kappa shape index (κ2) is 13.0. The van der Waals surface area contributed by atoms with Gasteiger partial charge in [-0.25, -0.2) is 9.78 Å². The summed E-state index contributed by atoms with van der Waals surface area (Å²) in [5, 5.41) is 20.6. The van der Waals surface area contributed by atoms with Crippen molar-refractivity contribution >= 4 is 34.2 Å². The van der Waals surface area contributed by atoms with E-state index in [1.165, 1.54) is 6.20 Å². The zero-order valence-electron chi connectivity index (χ0n) is 22.3. The van der Waals surface area contributed by atoms with Crippen molar-refractivity contribution in [2.24, 2.45) is 5.73 Å². The Labute approximate surface area is 232 Å². The highest BCUT2D eigenvalue weighted by atomic mass is 19.4. The summed E-state index contributed by atoms with van der Waals surface area (Å²) in [6, 6.07) is 9.52. The number of carbonyl (C=O) groups excluding carboxylic acids is 1. The number of primary amides is 1. The van der Waals surface area contributed by atoms with Crippen molar-refractivity contribution in [2.75, 3.05) is 19.5 Å². The van der Waals surface area contributed by atoms with Crippen molar-refractivity contribution in [3.8, 4) is 11.5 Å². The SMILES string of the molecule is CCc1c(Cn2cnc(CO)c2)cccc1Nc1c(C(N)=O)cnc2cc(OC)c(OC)cc12.O=C(O)C(F)(F)F. The minimum absolute atomic E-state index is 0.103. The summed E-state index contributed by atoms with van der Waals surface area (Å²) < 4.78 is 44.5. The van der Waals surface area contributed by atoms with E-state index in [2.05, 4.69) is 28.3 Å². The summed E-state index contributed by atoms with van der Waals surface area (Å²) in [4.78, 5) is 29.8. The number of anilines is 2. The Morgan fingerprint density at radius 1 is 1.12 bits per heavy atom. The number of hydrogen-bond donors (Lipinski definition) is 4. The standard InChI is InChI=1S/C25H27N5O4.C2HF3O2/c1-4-17-15(11-30-12-16(13-31)28-14-30)6-5-7-20(17)29-24-18-8-22(33-2)23(34-3)9-21(18)27-10-19(24)25(26)32;3-2(4,5)1(6)7/h5-10,12,14,31H,4,11,13H2,1-3H3,(H2,26,32)(H,27,29);(H,6,7). The van der Waals surface area contributed by atoms with Gasteiger partial charge in [0.25, 0.3) is 5.91 Å². The van der Waals surface area contributed by atoms with Gasteiger partial charge in [-0.1, -0.05) is 19.1 Å². The maximum atomic E-state index is 12.3. The van der Waals surface area contributed by atoms with Gasteiger partial charge in [-0.2, -0.15) is 13.2 Å². The molecule has 0 spiro atoms. The third-order valence-electron chi connectivity index (χ3n) is 5.97. The number of aliphatic hydroxyl groups excluding tert-OH is 1. The van der Waals surface area contributed by atoms with Crippen LogP contribution in [0.15, 0.2) is 49.1 Å². The maximum absolute atomic E-state index is 12.3. The third kappa shape index (κ3) is 7.22. The van der Waals surface area contributed by atoms with Gasteiger partial charge in [0, 0.05) is 36.1 Å². The van der Waals surface area contributed by atoms with Gasteiger partial charge in [0.1, 0.15) is 0 Å². The number of carbonyl (C=O) groups is 2. The molecule has 2 aromatic heterocycles. The lowest BCUT2D eigenvalue weighted by atomic mass is 10.0. The fourth-order valence-corrected chi connectivity index (χ4v) is 4.06. The number of nitrogens with two attached hydrogens (primary N) is 1. The first kappa shape index (κ1) is 30.7. The number of nitrogens with one attached hydrogen (secondary N) is 1. The summed E-state index contributed by atoms with van der Waals surface area (Å²) in [6.07, 6.45) is 0.662. The second-order valence-corrected chi connectivity index (χ2v) is 8.56. The normalized spacial score (nSPS) is 11.0. The van der Waals surface area contributed by atoms with Crippen molar-refractivity contribution < 1.29 is 42.4 Å². The van der Waals surface area contributed by atoms with Crippen LogP contribution < -0.4 is 20.5 Å². The van der Waals surface area contributed by atoms with Crippen molar-refractivity contribution in [3.05, 3.63) is 71.4 Å². The van der Waals surface area contributed by atoms with Crippen LogP contribution in [0.1, 0.15) is 34.1 Å². The van der Waals surface area contributed by atoms with Crippen LogP contribution in [0.4, 0.5) is 24.5 Å². The Morgan fingerprint density at radius 2 is 1.78 bits per heavy atom. The zero-order chi connectivity index (χ0) is 30.3. The highest BCUT2D eigenvalue weighted by molar-refractivity contribution is 6.08. The number of ether oxygens (including phenoxy) is 2. The average molecular weight is 576 g/mol. The van der Waals surface area contributed by atoms with Crippen LogP contribution in [0, 0.1) is 0 Å². The minimum atomic E-state index is -5.08. The van der Waals surface area contributed by atoms with Gasteiger partial charge in [0.15, 0.2) is 11.5 Å². The van der Waals surface area contributed by atoms with E-state index in [0.29, 0.717) is 40.3 Å². The number of pyridine rings is 1. The third-order valence-corrected chi connectivity index (χ3v) is 5.97. The van der Waals surface area contributed by atoms with Gasteiger partial charge in [-0.3, -0.25) is 9.78 Å². The van der Waals surface area contributed by atoms with Gasteiger partial charge in [0.05, 0.1) is 49.6 Å². The Morgan fingerprint density at radius 3 is 2.32 bits per heavy atom. The number of alkyl halides is 3. The molecule has 218 valence electrons. The number of carboxylic acid groups (broad SMARTS) is 1. The Hall–Kier alpha value is -4.85. The van der Waals surface area contributed by atoms with Crippen molar-refractivity contribution in [1.82, 2.24) is 14.5 Å². The number of aliphatic carboxylic acids is 1. The van der Waals surface area contributed by atoms with E-state index < -0.39 is 18.1 Å². The van der Waals surface area contributed by atoms with E-state index in [1.807, 2.05) is 22.9 Å². The Balaban J connectivity index is 0.000000587. The first-order valence-corrected chi connectivity index (χ1v) is 12.1. The van der Waals surface area contributed by atoms with E-state index in [9.17, 15) is 23.1 Å². The fourth-order valence-electron chi connectivity index (χ4n) is 4.06. The van der Waals surface area contributed by atoms with Gasteiger partial charge >= 0.3 is 12.1 Å². The van der Waals surface area contributed by atoms with Gasteiger partial charge in [-0.05, 0) is 29.7 Å². The fraction of sp³-hybridized carbons (Fsp3) is 0.259. The number of rotatable bonds is 9. The van der Waals surface area contributed by atoms with Crippen LogP contribution in [0.3, 0.4) is 0 Å². The monoisotopic (exact) mass is 575 g/mol.